The number of carbonyl (C=O) groups excluding carboxylic acids is 3. The second-order valence-corrected chi connectivity index (χ2v) is 11.4. The van der Waals surface area contributed by atoms with E-state index in [9.17, 15) is 24.3 Å². The van der Waals surface area contributed by atoms with E-state index in [2.05, 4.69) is 20.5 Å². The number of aliphatic carboxylic acids is 1. The van der Waals surface area contributed by atoms with Gasteiger partial charge in [-0.25, -0.2) is 4.98 Å². The van der Waals surface area contributed by atoms with Crippen LogP contribution in [0, 0.1) is 12.3 Å². The van der Waals surface area contributed by atoms with E-state index in [1.165, 1.54) is 45.1 Å². The Morgan fingerprint density at radius 1 is 1.41 bits per heavy atom. The zero-order valence-electron chi connectivity index (χ0n) is 16.3. The van der Waals surface area contributed by atoms with Crippen LogP contribution in [0.3, 0.4) is 0 Å². The molecule has 2 saturated heterocycles. The fourth-order valence-electron chi connectivity index (χ4n) is 3.16. The van der Waals surface area contributed by atoms with Crippen LogP contribution in [0.5, 0.6) is 0 Å². The molecule has 16 heteroatoms. The number of carboxylic acids is 1. The van der Waals surface area contributed by atoms with Gasteiger partial charge in [-0.05, 0) is 6.92 Å². The molecule has 0 saturated carbocycles. The van der Waals surface area contributed by atoms with Crippen molar-refractivity contribution in [3.8, 4) is 0 Å². The molecule has 2 fully saturated rings. The number of anilines is 1. The molecule has 0 aliphatic carbocycles. The van der Waals surface area contributed by atoms with Gasteiger partial charge in [-0.2, -0.15) is 0 Å². The maximum Gasteiger partial charge on any atom is 0.313 e. The van der Waals surface area contributed by atoms with E-state index in [-0.39, 0.29) is 41.3 Å². The van der Waals surface area contributed by atoms with Crippen LogP contribution in [0.15, 0.2) is 9.72 Å². The number of hydrogen-bond acceptors (Lipinski definition) is 12. The number of thioether (sulfide) groups is 2. The quantitative estimate of drug-likeness (QED) is 0.197. The molecule has 0 spiro atoms. The Labute approximate surface area is 204 Å². The van der Waals surface area contributed by atoms with Crippen molar-refractivity contribution in [3.63, 3.8) is 0 Å². The zero-order valence-corrected chi connectivity index (χ0v) is 20.4. The van der Waals surface area contributed by atoms with Crippen molar-refractivity contribution in [1.29, 1.82) is 0 Å². The topological polar surface area (TPSA) is 168 Å². The average Bonchev–Trinajstić information content (AvgIpc) is 3.37. The molecule has 0 radical (unpaired) electrons. The highest BCUT2D eigenvalue weighted by molar-refractivity contribution is 8.01. The van der Waals surface area contributed by atoms with Crippen LogP contribution < -0.4 is 11.1 Å². The molecule has 3 atom stereocenters. The number of rotatable bonds is 7. The number of carbonyl (C=O) groups is 4. The smallest absolute Gasteiger partial charge is 0.313 e. The number of carboxylic acid groups (broad SMARTS) is 1. The van der Waals surface area contributed by atoms with Crippen molar-refractivity contribution in [2.75, 3.05) is 23.8 Å². The van der Waals surface area contributed by atoms with E-state index in [1.807, 2.05) is 6.92 Å². The normalized spacial score (nSPS) is 24.2. The number of aryl methyl sites for hydroxylation is 1. The van der Waals surface area contributed by atoms with Crippen LogP contribution in [-0.2, 0) is 14.4 Å². The summed E-state index contributed by atoms with van der Waals surface area (Å²) in [6.45, 7) is 1.84. The van der Waals surface area contributed by atoms with E-state index in [4.69, 9.17) is 5.73 Å². The predicted octanol–water partition coefficient (Wildman–Crippen LogP) is 0.753. The Morgan fingerprint density at radius 2 is 2.16 bits per heavy atom. The number of thiazole rings is 1. The van der Waals surface area contributed by atoms with Gasteiger partial charge in [0.1, 0.15) is 27.5 Å². The van der Waals surface area contributed by atoms with E-state index in [0.717, 1.165) is 16.3 Å². The Bertz CT molecular complexity index is 1080. The number of fused-ring (bicyclic) bond motifs is 1. The molecule has 2 aliphatic heterocycles. The Hall–Kier alpha value is -1.94. The molecule has 2 amide bonds. The maximum absolute atomic E-state index is 12.6. The summed E-state index contributed by atoms with van der Waals surface area (Å²) in [7, 11) is 0. The van der Waals surface area contributed by atoms with Crippen LogP contribution in [0.2, 0.25) is 0 Å². The molecule has 2 aromatic rings. The number of aromatic nitrogens is 3. The largest absolute Gasteiger partial charge is 0.481 e. The van der Waals surface area contributed by atoms with Crippen LogP contribution in [0.4, 0.5) is 5.13 Å². The highest BCUT2D eigenvalue weighted by Gasteiger charge is 2.57. The molecule has 4 rings (SSSR count). The Kier molecular flexibility index (Phi) is 7.34. The van der Waals surface area contributed by atoms with Crippen molar-refractivity contribution < 1.29 is 24.3 Å². The lowest BCUT2D eigenvalue weighted by molar-refractivity contribution is -0.157. The van der Waals surface area contributed by atoms with Crippen LogP contribution in [-0.4, -0.2) is 78.2 Å². The maximum atomic E-state index is 12.6. The van der Waals surface area contributed by atoms with Crippen LogP contribution in [0.1, 0.15) is 15.5 Å². The molecule has 11 nitrogen and oxygen atoms in total. The molecular weight excluding hydrogens is 520 g/mol. The molecule has 4 heterocycles. The first-order valence-corrected chi connectivity index (χ1v) is 12.6. The van der Waals surface area contributed by atoms with Gasteiger partial charge in [-0.1, -0.05) is 23.1 Å². The first-order chi connectivity index (χ1) is 14.7. The van der Waals surface area contributed by atoms with Gasteiger partial charge in [-0.3, -0.25) is 19.2 Å². The number of nitrogens with zero attached hydrogens (tertiary/aromatic N) is 4. The molecular formula is C16H17ClN6O5S4. The highest BCUT2D eigenvalue weighted by atomic mass is 35.5. The number of nitrogens with one attached hydrogen (secondary N) is 1. The third-order valence-corrected chi connectivity index (χ3v) is 9.35. The summed E-state index contributed by atoms with van der Waals surface area (Å²) in [6, 6.07) is -0.886. The fraction of sp³-hybridized carbons (Fsp3) is 0.438. The number of hydrogen-bond donors (Lipinski definition) is 3. The number of β-lactam (4-membered cyclic amide) rings is 1. The van der Waals surface area contributed by atoms with Gasteiger partial charge in [0.25, 0.3) is 11.7 Å². The molecule has 4 N–H and O–H groups in total. The number of nitrogen functional groups attached to an aromatic ring is 1. The summed E-state index contributed by atoms with van der Waals surface area (Å²) >= 11 is 4.99. The molecule has 172 valence electrons. The molecule has 32 heavy (non-hydrogen) atoms. The summed E-state index contributed by atoms with van der Waals surface area (Å²) in [5.74, 6) is -2.74. The summed E-state index contributed by atoms with van der Waals surface area (Å²) in [5, 5.41) is 22.1. The second kappa shape index (κ2) is 9.51. The minimum absolute atomic E-state index is 0. The molecule has 2 aliphatic rings. The van der Waals surface area contributed by atoms with Gasteiger partial charge in [0.05, 0.1) is 0 Å². The monoisotopic (exact) mass is 536 g/mol. The minimum atomic E-state index is -1.15. The van der Waals surface area contributed by atoms with Gasteiger partial charge in [0, 0.05) is 23.4 Å². The predicted molar refractivity (Wildman–Crippen MR) is 123 cm³/mol. The van der Waals surface area contributed by atoms with E-state index >= 15 is 0 Å². The van der Waals surface area contributed by atoms with Crippen LogP contribution in [0.25, 0.3) is 0 Å². The van der Waals surface area contributed by atoms with Gasteiger partial charge < -0.3 is 21.1 Å². The SMILES string of the molecule is Cc1nnc(SCC2(C(=O)O)CS[C@@H]3C(NC(=O)C(=O)c4csc(N)n4)C(=O)N3C2)s1.Cl. The standard InChI is InChI=1S/C16H16N6O5S4.ClH/c1-6-20-21-15(31-6)30-5-16(13(26)27)3-22-11(25)8(12(22)29-4-16)19-10(24)9(23)7-2-28-14(17)18-7;/h2,8,12H,3-5H2,1H3,(H2,17,18)(H,19,24)(H,26,27);1H/t8?,12-,16?;/m1./s1. The van der Waals surface area contributed by atoms with E-state index in [1.54, 1.807) is 0 Å². The van der Waals surface area contributed by atoms with Crippen molar-refractivity contribution >= 4 is 87.3 Å². The van der Waals surface area contributed by atoms with Gasteiger partial charge in [-0.15, -0.1) is 45.7 Å². The van der Waals surface area contributed by atoms with Gasteiger partial charge in [0.2, 0.25) is 5.91 Å². The average molecular weight is 537 g/mol. The first kappa shape index (κ1) is 24.7. The number of halogens is 1. The number of Topliss-reactive ketones (excluding diaryl/α,β-unsaturated/α-hetero) is 1. The lowest BCUT2D eigenvalue weighted by Crippen LogP contribution is -2.74. The fourth-order valence-corrected chi connectivity index (χ4v) is 7.38. The number of nitrogens with two attached hydrogens (primary N) is 1. The molecule has 0 aromatic carbocycles. The van der Waals surface area contributed by atoms with Crippen LogP contribution >= 0.6 is 58.6 Å². The third-order valence-electron chi connectivity index (χ3n) is 4.83. The van der Waals surface area contributed by atoms with E-state index < -0.39 is 40.4 Å². The first-order valence-electron chi connectivity index (χ1n) is 8.85. The van der Waals surface area contributed by atoms with Gasteiger partial charge >= 0.3 is 5.97 Å². The molecule has 2 aromatic heterocycles. The third kappa shape index (κ3) is 4.57. The molecule has 0 bridgehead atoms. The minimum Gasteiger partial charge on any atom is -0.481 e. The summed E-state index contributed by atoms with van der Waals surface area (Å²) in [4.78, 5) is 54.3. The van der Waals surface area contributed by atoms with Crippen molar-refractivity contribution in [1.82, 2.24) is 25.4 Å². The van der Waals surface area contributed by atoms with Crippen molar-refractivity contribution in [3.05, 3.63) is 16.1 Å². The van der Waals surface area contributed by atoms with E-state index in [0.29, 0.717) is 4.34 Å². The molecule has 2 unspecified atom stereocenters. The van der Waals surface area contributed by atoms with Gasteiger partial charge in [0.15, 0.2) is 9.47 Å². The second-order valence-electron chi connectivity index (χ2n) is 6.98. The zero-order chi connectivity index (χ0) is 22.3. The number of ketones is 1. The summed E-state index contributed by atoms with van der Waals surface area (Å²) in [5.41, 5.74) is 4.26. The lowest BCUT2D eigenvalue weighted by atomic mass is 9.89. The Morgan fingerprint density at radius 3 is 2.75 bits per heavy atom. The summed E-state index contributed by atoms with van der Waals surface area (Å²) < 4.78 is 0.673. The highest BCUT2D eigenvalue weighted by Crippen LogP contribution is 2.44. The Balaban J connectivity index is 0.00000289. The summed E-state index contributed by atoms with van der Waals surface area (Å²) in [6.07, 6.45) is 0. The lowest BCUT2D eigenvalue weighted by Gasteiger charge is -2.53. The van der Waals surface area contributed by atoms with Crippen molar-refractivity contribution in [2.24, 2.45) is 5.41 Å². The number of amides is 2. The van der Waals surface area contributed by atoms with Crippen molar-refractivity contribution in [2.45, 2.75) is 22.7 Å².